The molecule has 2 aromatic rings. The van der Waals surface area contributed by atoms with Gasteiger partial charge < -0.3 is 10.1 Å². The van der Waals surface area contributed by atoms with E-state index in [1.54, 1.807) is 17.4 Å². The number of methoxy groups -OCH3 is 1. The Bertz CT molecular complexity index is 577. The third-order valence-corrected chi connectivity index (χ3v) is 4.04. The Labute approximate surface area is 117 Å². The molecular formula is C15H17NO2S. The average molecular weight is 275 g/mol. The number of hydrogen-bond donors (Lipinski definition) is 1. The number of carbonyl (C=O) groups is 1. The molecule has 0 fully saturated rings. The molecule has 2 rings (SSSR count). The summed E-state index contributed by atoms with van der Waals surface area (Å²) >= 11 is 1.78. The van der Waals surface area contributed by atoms with E-state index in [0.717, 1.165) is 5.69 Å². The van der Waals surface area contributed by atoms with Crippen LogP contribution in [0.1, 0.15) is 33.1 Å². The molecule has 1 atom stereocenters. The van der Waals surface area contributed by atoms with Crippen molar-refractivity contribution in [3.63, 3.8) is 0 Å². The first kappa shape index (κ1) is 13.6. The molecule has 0 bridgehead atoms. The molecule has 100 valence electrons. The molecule has 0 radical (unpaired) electrons. The summed E-state index contributed by atoms with van der Waals surface area (Å²) in [4.78, 5) is 14.1. The maximum Gasteiger partial charge on any atom is 0.337 e. The zero-order valence-corrected chi connectivity index (χ0v) is 12.1. The predicted molar refractivity (Wildman–Crippen MR) is 78.9 cm³/mol. The predicted octanol–water partition coefficient (Wildman–Crippen LogP) is 4.02. The van der Waals surface area contributed by atoms with E-state index in [1.165, 1.54) is 16.9 Å². The summed E-state index contributed by atoms with van der Waals surface area (Å²) in [6.07, 6.45) is 0. The van der Waals surface area contributed by atoms with Gasteiger partial charge in [0.2, 0.25) is 0 Å². The van der Waals surface area contributed by atoms with Gasteiger partial charge in [-0.3, -0.25) is 0 Å². The third-order valence-electron chi connectivity index (χ3n) is 2.85. The standard InChI is InChI=1S/C15H17NO2S/c1-10-7-8-14(19-10)11(2)16-13-6-4-5-12(9-13)15(17)18-3/h4-9,11,16H,1-3H3. The van der Waals surface area contributed by atoms with Gasteiger partial charge in [-0.05, 0) is 44.2 Å². The van der Waals surface area contributed by atoms with Gasteiger partial charge in [0.1, 0.15) is 0 Å². The first-order valence-electron chi connectivity index (χ1n) is 6.11. The number of anilines is 1. The molecule has 0 saturated carbocycles. The molecule has 1 N–H and O–H groups in total. The van der Waals surface area contributed by atoms with Crippen LogP contribution in [0, 0.1) is 6.92 Å². The number of carbonyl (C=O) groups excluding carboxylic acids is 1. The zero-order valence-electron chi connectivity index (χ0n) is 11.3. The molecule has 4 heteroatoms. The van der Waals surface area contributed by atoms with Crippen molar-refractivity contribution in [2.75, 3.05) is 12.4 Å². The van der Waals surface area contributed by atoms with Crippen LogP contribution in [0.3, 0.4) is 0 Å². The third kappa shape index (κ3) is 3.35. The van der Waals surface area contributed by atoms with E-state index in [1.807, 2.05) is 18.2 Å². The van der Waals surface area contributed by atoms with Crippen molar-refractivity contribution in [3.05, 3.63) is 51.7 Å². The smallest absolute Gasteiger partial charge is 0.337 e. The van der Waals surface area contributed by atoms with E-state index in [4.69, 9.17) is 4.74 Å². The highest BCUT2D eigenvalue weighted by Crippen LogP contribution is 2.26. The van der Waals surface area contributed by atoms with Gasteiger partial charge >= 0.3 is 5.97 Å². The fourth-order valence-electron chi connectivity index (χ4n) is 1.86. The van der Waals surface area contributed by atoms with Crippen LogP contribution in [-0.4, -0.2) is 13.1 Å². The highest BCUT2D eigenvalue weighted by atomic mass is 32.1. The fraction of sp³-hybridized carbons (Fsp3) is 0.267. The normalized spacial score (nSPS) is 11.9. The summed E-state index contributed by atoms with van der Waals surface area (Å²) in [6.45, 7) is 4.20. The van der Waals surface area contributed by atoms with E-state index in [0.29, 0.717) is 5.56 Å². The van der Waals surface area contributed by atoms with Gasteiger partial charge in [0, 0.05) is 15.4 Å². The SMILES string of the molecule is COC(=O)c1cccc(NC(C)c2ccc(C)s2)c1. The van der Waals surface area contributed by atoms with Gasteiger partial charge in [0.05, 0.1) is 18.7 Å². The summed E-state index contributed by atoms with van der Waals surface area (Å²) in [7, 11) is 1.39. The molecule has 19 heavy (non-hydrogen) atoms. The van der Waals surface area contributed by atoms with Gasteiger partial charge in [0.25, 0.3) is 0 Å². The second-order valence-electron chi connectivity index (χ2n) is 4.39. The number of hydrogen-bond acceptors (Lipinski definition) is 4. The minimum absolute atomic E-state index is 0.214. The molecule has 0 aliphatic carbocycles. The topological polar surface area (TPSA) is 38.3 Å². The Kier molecular flexibility index (Phi) is 4.22. The number of rotatable bonds is 4. The van der Waals surface area contributed by atoms with Crippen LogP contribution in [0.5, 0.6) is 0 Å². The van der Waals surface area contributed by atoms with Crippen molar-refractivity contribution >= 4 is 23.0 Å². The largest absolute Gasteiger partial charge is 0.465 e. The molecule has 0 amide bonds. The first-order chi connectivity index (χ1) is 9.10. The van der Waals surface area contributed by atoms with Crippen LogP contribution in [0.4, 0.5) is 5.69 Å². The Morgan fingerprint density at radius 3 is 2.74 bits per heavy atom. The molecule has 1 heterocycles. The number of aryl methyl sites for hydroxylation is 1. The number of nitrogens with one attached hydrogen (secondary N) is 1. The number of thiophene rings is 1. The second-order valence-corrected chi connectivity index (χ2v) is 5.71. The molecule has 1 aromatic carbocycles. The molecule has 0 spiro atoms. The van der Waals surface area contributed by atoms with Crippen LogP contribution in [-0.2, 0) is 4.74 Å². The van der Waals surface area contributed by atoms with E-state index < -0.39 is 0 Å². The lowest BCUT2D eigenvalue weighted by molar-refractivity contribution is 0.0601. The second kappa shape index (κ2) is 5.89. The summed E-state index contributed by atoms with van der Waals surface area (Å²) in [5.74, 6) is -0.316. The van der Waals surface area contributed by atoms with E-state index in [-0.39, 0.29) is 12.0 Å². The lowest BCUT2D eigenvalue weighted by Crippen LogP contribution is -2.06. The number of benzene rings is 1. The molecule has 0 aliphatic heterocycles. The van der Waals surface area contributed by atoms with Gasteiger partial charge in [-0.25, -0.2) is 4.79 Å². The maximum absolute atomic E-state index is 11.5. The van der Waals surface area contributed by atoms with Crippen molar-refractivity contribution in [3.8, 4) is 0 Å². The van der Waals surface area contributed by atoms with Gasteiger partial charge in [-0.2, -0.15) is 0 Å². The van der Waals surface area contributed by atoms with Crippen molar-refractivity contribution in [2.45, 2.75) is 19.9 Å². The summed E-state index contributed by atoms with van der Waals surface area (Å²) in [5.41, 5.74) is 1.48. The van der Waals surface area contributed by atoms with Crippen molar-refractivity contribution < 1.29 is 9.53 Å². The summed E-state index contributed by atoms with van der Waals surface area (Å²) in [6, 6.07) is 11.8. The van der Waals surface area contributed by atoms with Crippen LogP contribution in [0.2, 0.25) is 0 Å². The van der Waals surface area contributed by atoms with Crippen LogP contribution >= 0.6 is 11.3 Å². The Morgan fingerprint density at radius 2 is 2.11 bits per heavy atom. The monoisotopic (exact) mass is 275 g/mol. The van der Waals surface area contributed by atoms with Crippen LogP contribution < -0.4 is 5.32 Å². The van der Waals surface area contributed by atoms with Gasteiger partial charge in [-0.1, -0.05) is 6.07 Å². The summed E-state index contributed by atoms with van der Waals surface area (Å²) < 4.78 is 4.72. The van der Waals surface area contributed by atoms with Gasteiger partial charge in [0.15, 0.2) is 0 Å². The molecule has 1 aromatic heterocycles. The number of ether oxygens (including phenoxy) is 1. The molecule has 0 saturated heterocycles. The van der Waals surface area contributed by atoms with Crippen molar-refractivity contribution in [2.24, 2.45) is 0 Å². The quantitative estimate of drug-likeness (QED) is 0.857. The average Bonchev–Trinajstić information content (AvgIpc) is 2.85. The zero-order chi connectivity index (χ0) is 13.8. The Morgan fingerprint density at radius 1 is 1.32 bits per heavy atom. The molecular weight excluding hydrogens is 258 g/mol. The summed E-state index contributed by atoms with van der Waals surface area (Å²) in [5, 5.41) is 3.39. The first-order valence-corrected chi connectivity index (χ1v) is 6.93. The minimum Gasteiger partial charge on any atom is -0.465 e. The highest BCUT2D eigenvalue weighted by molar-refractivity contribution is 7.12. The number of esters is 1. The Hall–Kier alpha value is -1.81. The molecule has 3 nitrogen and oxygen atoms in total. The molecule has 1 unspecified atom stereocenters. The van der Waals surface area contributed by atoms with Crippen LogP contribution in [0.25, 0.3) is 0 Å². The van der Waals surface area contributed by atoms with Gasteiger partial charge in [-0.15, -0.1) is 11.3 Å². The van der Waals surface area contributed by atoms with Crippen molar-refractivity contribution in [1.29, 1.82) is 0 Å². The minimum atomic E-state index is -0.316. The van der Waals surface area contributed by atoms with Crippen molar-refractivity contribution in [1.82, 2.24) is 0 Å². The highest BCUT2D eigenvalue weighted by Gasteiger charge is 2.09. The van der Waals surface area contributed by atoms with E-state index in [2.05, 4.69) is 31.3 Å². The van der Waals surface area contributed by atoms with E-state index >= 15 is 0 Å². The Balaban J connectivity index is 2.12. The lowest BCUT2D eigenvalue weighted by atomic mass is 10.2. The van der Waals surface area contributed by atoms with E-state index in [9.17, 15) is 4.79 Å². The molecule has 0 aliphatic rings. The van der Waals surface area contributed by atoms with Crippen LogP contribution in [0.15, 0.2) is 36.4 Å². The maximum atomic E-state index is 11.5. The fourth-order valence-corrected chi connectivity index (χ4v) is 2.74. The lowest BCUT2D eigenvalue weighted by Gasteiger charge is -2.14.